The SMILES string of the molecule is ClCCC1OCC=CCO1. The molecule has 0 aromatic heterocycles. The molecule has 0 saturated heterocycles. The van der Waals surface area contributed by atoms with Crippen LogP contribution in [-0.4, -0.2) is 25.4 Å². The van der Waals surface area contributed by atoms with Crippen LogP contribution >= 0.6 is 11.6 Å². The fraction of sp³-hybridized carbons (Fsp3) is 0.714. The number of alkyl halides is 1. The smallest absolute Gasteiger partial charge is 0.159 e. The molecule has 1 aliphatic heterocycles. The molecular weight excluding hydrogens is 152 g/mol. The highest BCUT2D eigenvalue weighted by Gasteiger charge is 2.08. The second-order valence-corrected chi connectivity index (χ2v) is 2.42. The zero-order chi connectivity index (χ0) is 7.23. The minimum Gasteiger partial charge on any atom is -0.349 e. The van der Waals surface area contributed by atoms with Gasteiger partial charge in [-0.3, -0.25) is 0 Å². The van der Waals surface area contributed by atoms with Crippen molar-refractivity contribution in [2.75, 3.05) is 19.1 Å². The molecule has 0 radical (unpaired) electrons. The summed E-state index contributed by atoms with van der Waals surface area (Å²) in [5.74, 6) is 0.588. The van der Waals surface area contributed by atoms with E-state index in [4.69, 9.17) is 21.1 Å². The zero-order valence-electron chi connectivity index (χ0n) is 5.75. The van der Waals surface area contributed by atoms with Crippen molar-refractivity contribution in [3.05, 3.63) is 12.2 Å². The topological polar surface area (TPSA) is 18.5 Å². The summed E-state index contributed by atoms with van der Waals surface area (Å²) in [6.07, 6.45) is 4.57. The summed E-state index contributed by atoms with van der Waals surface area (Å²) < 4.78 is 10.5. The van der Waals surface area contributed by atoms with E-state index in [2.05, 4.69) is 0 Å². The molecule has 0 aromatic rings. The summed E-state index contributed by atoms with van der Waals surface area (Å²) in [7, 11) is 0. The highest BCUT2D eigenvalue weighted by Crippen LogP contribution is 2.05. The molecule has 1 rings (SSSR count). The first-order valence-electron chi connectivity index (χ1n) is 3.37. The monoisotopic (exact) mass is 162 g/mol. The molecule has 2 nitrogen and oxygen atoms in total. The van der Waals surface area contributed by atoms with Gasteiger partial charge in [-0.2, -0.15) is 0 Å². The molecule has 0 amide bonds. The van der Waals surface area contributed by atoms with Gasteiger partial charge in [0.25, 0.3) is 0 Å². The summed E-state index contributed by atoms with van der Waals surface area (Å²) >= 11 is 5.51. The van der Waals surface area contributed by atoms with Gasteiger partial charge in [-0.1, -0.05) is 12.2 Å². The van der Waals surface area contributed by atoms with Gasteiger partial charge in [0.2, 0.25) is 0 Å². The quantitative estimate of drug-likeness (QED) is 0.453. The second-order valence-electron chi connectivity index (χ2n) is 2.05. The van der Waals surface area contributed by atoms with Crippen molar-refractivity contribution < 1.29 is 9.47 Å². The Balaban J connectivity index is 2.20. The molecule has 0 saturated carbocycles. The Kier molecular flexibility index (Phi) is 3.80. The summed E-state index contributed by atoms with van der Waals surface area (Å²) in [5.41, 5.74) is 0. The van der Waals surface area contributed by atoms with Gasteiger partial charge in [0, 0.05) is 12.3 Å². The Bertz CT molecular complexity index is 104. The molecule has 0 fully saturated rings. The van der Waals surface area contributed by atoms with Gasteiger partial charge in [-0.15, -0.1) is 11.6 Å². The van der Waals surface area contributed by atoms with Crippen LogP contribution in [-0.2, 0) is 9.47 Å². The van der Waals surface area contributed by atoms with Gasteiger partial charge in [0.15, 0.2) is 6.29 Å². The summed E-state index contributed by atoms with van der Waals surface area (Å²) in [5, 5.41) is 0. The minimum atomic E-state index is -0.104. The van der Waals surface area contributed by atoms with Gasteiger partial charge in [-0.05, 0) is 0 Å². The summed E-state index contributed by atoms with van der Waals surface area (Å²) in [4.78, 5) is 0. The van der Waals surface area contributed by atoms with Crippen molar-refractivity contribution in [2.24, 2.45) is 0 Å². The minimum absolute atomic E-state index is 0.104. The molecule has 0 atom stereocenters. The molecule has 0 aromatic carbocycles. The van der Waals surface area contributed by atoms with Crippen molar-refractivity contribution in [1.82, 2.24) is 0 Å². The van der Waals surface area contributed by atoms with E-state index < -0.39 is 0 Å². The van der Waals surface area contributed by atoms with Crippen LogP contribution in [0.4, 0.5) is 0 Å². The fourth-order valence-electron chi connectivity index (χ4n) is 0.766. The lowest BCUT2D eigenvalue weighted by Crippen LogP contribution is -2.16. The van der Waals surface area contributed by atoms with Crippen molar-refractivity contribution >= 4 is 11.6 Å². The highest BCUT2D eigenvalue weighted by atomic mass is 35.5. The fourth-order valence-corrected chi connectivity index (χ4v) is 0.944. The second kappa shape index (κ2) is 4.72. The average Bonchev–Trinajstić information content (AvgIpc) is 2.17. The lowest BCUT2D eigenvalue weighted by atomic mass is 10.5. The molecule has 0 N–H and O–H groups in total. The van der Waals surface area contributed by atoms with E-state index in [1.165, 1.54) is 0 Å². The summed E-state index contributed by atoms with van der Waals surface area (Å²) in [6.45, 7) is 1.28. The largest absolute Gasteiger partial charge is 0.349 e. The van der Waals surface area contributed by atoms with E-state index in [-0.39, 0.29) is 6.29 Å². The van der Waals surface area contributed by atoms with E-state index in [0.717, 1.165) is 6.42 Å². The van der Waals surface area contributed by atoms with Crippen LogP contribution in [0, 0.1) is 0 Å². The predicted octanol–water partition coefficient (Wildman–Crippen LogP) is 1.54. The average molecular weight is 163 g/mol. The summed E-state index contributed by atoms with van der Waals surface area (Å²) in [6, 6.07) is 0. The van der Waals surface area contributed by atoms with Crippen LogP contribution in [0.3, 0.4) is 0 Å². The molecule has 0 unspecified atom stereocenters. The Morgan fingerprint density at radius 2 is 1.90 bits per heavy atom. The van der Waals surface area contributed by atoms with Gasteiger partial charge in [0.05, 0.1) is 13.2 Å². The van der Waals surface area contributed by atoms with E-state index in [1.807, 2.05) is 12.2 Å². The Labute approximate surface area is 65.8 Å². The van der Waals surface area contributed by atoms with Crippen LogP contribution in [0.25, 0.3) is 0 Å². The van der Waals surface area contributed by atoms with Crippen LogP contribution in [0.2, 0.25) is 0 Å². The van der Waals surface area contributed by atoms with Gasteiger partial charge in [-0.25, -0.2) is 0 Å². The molecular formula is C7H11ClO2. The normalized spacial score (nSPS) is 20.9. The van der Waals surface area contributed by atoms with Gasteiger partial charge < -0.3 is 9.47 Å². The predicted molar refractivity (Wildman–Crippen MR) is 40.2 cm³/mol. The Hall–Kier alpha value is -0.0500. The van der Waals surface area contributed by atoms with Gasteiger partial charge >= 0.3 is 0 Å². The van der Waals surface area contributed by atoms with Crippen LogP contribution in [0.1, 0.15) is 6.42 Å². The van der Waals surface area contributed by atoms with E-state index in [9.17, 15) is 0 Å². The third-order valence-corrected chi connectivity index (χ3v) is 1.49. The maximum atomic E-state index is 5.51. The van der Waals surface area contributed by atoms with Crippen LogP contribution in [0.15, 0.2) is 12.2 Å². The van der Waals surface area contributed by atoms with Crippen molar-refractivity contribution in [3.8, 4) is 0 Å². The number of hydrogen-bond donors (Lipinski definition) is 0. The molecule has 0 spiro atoms. The first-order chi connectivity index (χ1) is 4.93. The first-order valence-corrected chi connectivity index (χ1v) is 3.91. The van der Waals surface area contributed by atoms with Crippen LogP contribution in [0.5, 0.6) is 0 Å². The van der Waals surface area contributed by atoms with Crippen LogP contribution < -0.4 is 0 Å². The lowest BCUT2D eigenvalue weighted by Gasteiger charge is -2.12. The van der Waals surface area contributed by atoms with Crippen molar-refractivity contribution in [2.45, 2.75) is 12.7 Å². The first kappa shape index (κ1) is 8.05. The molecule has 1 heterocycles. The lowest BCUT2D eigenvalue weighted by molar-refractivity contribution is -0.122. The zero-order valence-corrected chi connectivity index (χ0v) is 6.51. The van der Waals surface area contributed by atoms with Crippen molar-refractivity contribution in [3.63, 3.8) is 0 Å². The molecule has 10 heavy (non-hydrogen) atoms. The number of ether oxygens (including phenoxy) is 2. The molecule has 1 aliphatic rings. The van der Waals surface area contributed by atoms with Gasteiger partial charge in [0.1, 0.15) is 0 Å². The number of hydrogen-bond acceptors (Lipinski definition) is 2. The molecule has 0 bridgehead atoms. The van der Waals surface area contributed by atoms with Crippen molar-refractivity contribution in [1.29, 1.82) is 0 Å². The van der Waals surface area contributed by atoms with E-state index >= 15 is 0 Å². The maximum absolute atomic E-state index is 5.51. The Morgan fingerprint density at radius 1 is 1.30 bits per heavy atom. The number of halogens is 1. The maximum Gasteiger partial charge on any atom is 0.159 e. The molecule has 0 aliphatic carbocycles. The standard InChI is InChI=1S/C7H11ClO2/c8-4-3-7-9-5-1-2-6-10-7/h1-2,7H,3-6H2. The molecule has 3 heteroatoms. The van der Waals surface area contributed by atoms with E-state index in [0.29, 0.717) is 19.1 Å². The third kappa shape index (κ3) is 2.69. The molecule has 58 valence electrons. The van der Waals surface area contributed by atoms with E-state index in [1.54, 1.807) is 0 Å². The highest BCUT2D eigenvalue weighted by molar-refractivity contribution is 6.17. The number of rotatable bonds is 2. The third-order valence-electron chi connectivity index (χ3n) is 1.27. The Morgan fingerprint density at radius 3 is 2.40 bits per heavy atom.